The molecule has 546 valence electrons. The van der Waals surface area contributed by atoms with Crippen molar-refractivity contribution in [2.24, 2.45) is 0 Å². The zero-order chi connectivity index (χ0) is 66.9. The van der Waals surface area contributed by atoms with Gasteiger partial charge in [-0.05, 0) is 51.4 Å². The summed E-state index contributed by atoms with van der Waals surface area (Å²) < 4.78 is 24.0. The number of allylic oxidation sites excluding steroid dienone is 6. The Morgan fingerprint density at radius 2 is 0.620 bits per heavy atom. The van der Waals surface area contributed by atoms with E-state index in [-0.39, 0.29) is 19.1 Å². The predicted octanol–water partition coefficient (Wildman–Crippen LogP) is 27.1. The first-order valence-electron chi connectivity index (χ1n) is 41.4. The Morgan fingerprint density at radius 3 is 0.902 bits per heavy atom. The number of phosphoric ester groups is 1. The van der Waals surface area contributed by atoms with Crippen LogP contribution in [-0.2, 0) is 18.4 Å². The molecular weight excluding hydrogens is 1150 g/mol. The molecule has 1 amide bonds. The third kappa shape index (κ3) is 76.1. The highest BCUT2D eigenvalue weighted by Gasteiger charge is 2.28. The summed E-state index contributed by atoms with van der Waals surface area (Å²) >= 11 is 0. The Hall–Kier alpha value is -1.28. The summed E-state index contributed by atoms with van der Waals surface area (Å²) in [4.78, 5) is 23.5. The van der Waals surface area contributed by atoms with Crippen molar-refractivity contribution in [3.05, 3.63) is 36.5 Å². The van der Waals surface area contributed by atoms with Crippen LogP contribution in [0.4, 0.5) is 0 Å². The van der Waals surface area contributed by atoms with Crippen LogP contribution in [0.2, 0.25) is 0 Å². The third-order valence-corrected chi connectivity index (χ3v) is 20.4. The van der Waals surface area contributed by atoms with Crippen LogP contribution in [0.15, 0.2) is 36.5 Å². The van der Waals surface area contributed by atoms with E-state index in [0.717, 1.165) is 51.4 Å². The van der Waals surface area contributed by atoms with Gasteiger partial charge in [0.2, 0.25) is 5.91 Å². The van der Waals surface area contributed by atoms with Crippen molar-refractivity contribution in [3.63, 3.8) is 0 Å². The Bertz CT molecular complexity index is 1600. The van der Waals surface area contributed by atoms with E-state index in [2.05, 4.69) is 55.6 Å². The maximum absolute atomic E-state index is 13.1. The zero-order valence-corrected chi connectivity index (χ0v) is 63.7. The molecule has 3 N–H and O–H groups in total. The lowest BCUT2D eigenvalue weighted by Crippen LogP contribution is -2.46. The van der Waals surface area contributed by atoms with Crippen LogP contribution in [0.5, 0.6) is 0 Å². The molecule has 0 bridgehead atoms. The minimum atomic E-state index is -4.33. The summed E-state index contributed by atoms with van der Waals surface area (Å²) in [6.45, 7) is 4.95. The van der Waals surface area contributed by atoms with Crippen molar-refractivity contribution in [1.82, 2.24) is 5.32 Å². The molecule has 3 unspecified atom stereocenters. The van der Waals surface area contributed by atoms with Crippen LogP contribution < -0.4 is 5.32 Å². The van der Waals surface area contributed by atoms with Crippen molar-refractivity contribution >= 4 is 13.7 Å². The Balaban J connectivity index is 3.89. The van der Waals surface area contributed by atoms with Gasteiger partial charge in [0.15, 0.2) is 0 Å². The van der Waals surface area contributed by atoms with Crippen LogP contribution >= 0.6 is 7.82 Å². The zero-order valence-electron chi connectivity index (χ0n) is 62.8. The molecule has 0 saturated heterocycles. The maximum atomic E-state index is 13.1. The summed E-state index contributed by atoms with van der Waals surface area (Å²) in [5, 5.41) is 14.2. The first-order chi connectivity index (χ1) is 45.0. The monoisotopic (exact) mass is 1320 g/mol. The second kappa shape index (κ2) is 74.0. The quantitative estimate of drug-likeness (QED) is 0.0243. The van der Waals surface area contributed by atoms with Gasteiger partial charge in [-0.3, -0.25) is 13.8 Å². The van der Waals surface area contributed by atoms with Gasteiger partial charge in [0.25, 0.3) is 0 Å². The number of quaternary nitrogens is 1. The van der Waals surface area contributed by atoms with E-state index in [1.54, 1.807) is 0 Å². The van der Waals surface area contributed by atoms with E-state index in [4.69, 9.17) is 9.05 Å². The van der Waals surface area contributed by atoms with Crippen LogP contribution in [-0.4, -0.2) is 73.4 Å². The molecule has 3 atom stereocenters. The third-order valence-electron chi connectivity index (χ3n) is 19.4. The SMILES string of the molecule is CCCCCCC/C=C\C/C=C\C/C=C\CCCCCCCCCCCCCCCCCCCCCCCCCCC(=O)NC(COP(=O)(O)OCC[N+](C)(C)C)C(O)CCCCCCCCCCCCCCCCCCCCCCCCCCCCCCCCC. The topological polar surface area (TPSA) is 105 Å². The number of carbonyl (C=O) groups is 1. The van der Waals surface area contributed by atoms with Gasteiger partial charge in [0.05, 0.1) is 39.9 Å². The first kappa shape index (κ1) is 90.7. The normalized spacial score (nSPS) is 13.6. The number of phosphoric acid groups is 1. The number of likely N-dealkylation sites (N-methyl/N-ethyl adjacent to an activating group) is 1. The molecule has 9 heteroatoms. The standard InChI is InChI=1S/C83H163N2O6P/c1-6-8-10-12-14-16-18-20-22-24-26-28-30-32-34-36-38-39-40-41-42-43-44-45-47-49-51-53-55-57-59-61-63-65-67-69-71-73-75-77-83(87)84-81(80-91-92(88,89)90-79-78-85(3,4)5)82(86)76-74-72-70-68-66-64-62-60-58-56-54-52-50-48-46-37-35-33-31-29-27-25-23-21-19-17-15-13-11-9-7-2/h18,20,24,26,30,32,81-82,86H,6-17,19,21-23,25,27-29,31,33-80H2,1-5H3,(H-,84,87,88,89)/p+1/b20-18-,26-24-,32-30-. The van der Waals surface area contributed by atoms with Crippen molar-refractivity contribution in [1.29, 1.82) is 0 Å². The molecule has 8 nitrogen and oxygen atoms in total. The number of hydrogen-bond donors (Lipinski definition) is 3. The van der Waals surface area contributed by atoms with Crippen LogP contribution in [0.3, 0.4) is 0 Å². The van der Waals surface area contributed by atoms with Crippen LogP contribution in [0.1, 0.15) is 438 Å². The van der Waals surface area contributed by atoms with Gasteiger partial charge < -0.3 is 19.8 Å². The second-order valence-corrected chi connectivity index (χ2v) is 31.3. The average Bonchev–Trinajstić information content (AvgIpc) is 2.63. The molecule has 0 rings (SSSR count). The number of carbonyl (C=O) groups excluding carboxylic acids is 1. The maximum Gasteiger partial charge on any atom is 0.472 e. The molecule has 0 spiro atoms. The Morgan fingerprint density at radius 1 is 0.370 bits per heavy atom. The molecule has 0 aromatic rings. The van der Waals surface area contributed by atoms with Gasteiger partial charge in [0, 0.05) is 6.42 Å². The van der Waals surface area contributed by atoms with Crippen LogP contribution in [0, 0.1) is 0 Å². The highest BCUT2D eigenvalue weighted by molar-refractivity contribution is 7.47. The minimum absolute atomic E-state index is 0.0776. The van der Waals surface area contributed by atoms with Crippen molar-refractivity contribution in [2.45, 2.75) is 450 Å². The summed E-state index contributed by atoms with van der Waals surface area (Å²) in [6.07, 6.45) is 100. The number of nitrogens with zero attached hydrogens (tertiary/aromatic N) is 1. The molecule has 92 heavy (non-hydrogen) atoms. The highest BCUT2D eigenvalue weighted by atomic mass is 31.2. The van der Waals surface area contributed by atoms with E-state index in [0.29, 0.717) is 23.9 Å². The number of aliphatic hydroxyl groups is 1. The number of nitrogens with one attached hydrogen (secondary N) is 1. The Kier molecular flexibility index (Phi) is 72.9. The van der Waals surface area contributed by atoms with Gasteiger partial charge in [-0.15, -0.1) is 0 Å². The number of hydrogen-bond acceptors (Lipinski definition) is 5. The summed E-state index contributed by atoms with van der Waals surface area (Å²) in [7, 11) is 1.64. The van der Waals surface area contributed by atoms with Gasteiger partial charge >= 0.3 is 7.82 Å². The van der Waals surface area contributed by atoms with E-state index in [1.165, 1.54) is 360 Å². The van der Waals surface area contributed by atoms with Gasteiger partial charge in [0.1, 0.15) is 13.2 Å². The molecule has 0 aromatic carbocycles. The summed E-state index contributed by atoms with van der Waals surface area (Å²) in [5.74, 6) is -0.134. The lowest BCUT2D eigenvalue weighted by molar-refractivity contribution is -0.870. The predicted molar refractivity (Wildman–Crippen MR) is 406 cm³/mol. The van der Waals surface area contributed by atoms with E-state index < -0.39 is 20.0 Å². The Labute approximate surface area is 576 Å². The van der Waals surface area contributed by atoms with Crippen molar-refractivity contribution < 1.29 is 32.9 Å². The smallest absolute Gasteiger partial charge is 0.391 e. The molecule has 0 aromatic heterocycles. The lowest BCUT2D eigenvalue weighted by atomic mass is 10.0. The van der Waals surface area contributed by atoms with Gasteiger partial charge in [-0.1, -0.05) is 416 Å². The van der Waals surface area contributed by atoms with E-state index >= 15 is 0 Å². The molecule has 0 fully saturated rings. The number of rotatable bonds is 78. The van der Waals surface area contributed by atoms with Gasteiger partial charge in [-0.25, -0.2) is 4.57 Å². The molecule has 0 heterocycles. The molecule has 0 aliphatic heterocycles. The fourth-order valence-electron chi connectivity index (χ4n) is 13.0. The summed E-state index contributed by atoms with van der Waals surface area (Å²) in [5.41, 5.74) is 0. The number of unbranched alkanes of at least 4 members (excludes halogenated alkanes) is 59. The molecule has 0 saturated carbocycles. The largest absolute Gasteiger partial charge is 0.472 e. The lowest BCUT2D eigenvalue weighted by Gasteiger charge is -2.26. The fourth-order valence-corrected chi connectivity index (χ4v) is 13.7. The number of aliphatic hydroxyl groups excluding tert-OH is 1. The first-order valence-corrected chi connectivity index (χ1v) is 42.8. The fraction of sp³-hybridized carbons (Fsp3) is 0.916. The van der Waals surface area contributed by atoms with Crippen molar-refractivity contribution in [3.8, 4) is 0 Å². The van der Waals surface area contributed by atoms with Gasteiger partial charge in [-0.2, -0.15) is 0 Å². The molecule has 0 aliphatic carbocycles. The van der Waals surface area contributed by atoms with E-state index in [1.807, 2.05) is 21.1 Å². The average molecular weight is 1320 g/mol. The minimum Gasteiger partial charge on any atom is -0.391 e. The molecule has 0 aliphatic rings. The summed E-state index contributed by atoms with van der Waals surface area (Å²) in [6, 6.07) is -0.761. The second-order valence-electron chi connectivity index (χ2n) is 29.9. The van der Waals surface area contributed by atoms with Crippen LogP contribution in [0.25, 0.3) is 0 Å². The highest BCUT2D eigenvalue weighted by Crippen LogP contribution is 2.43. The van der Waals surface area contributed by atoms with Crippen molar-refractivity contribution in [2.75, 3.05) is 40.9 Å². The molecular formula is C83H164N2O6P+. The molecule has 0 radical (unpaired) electrons. The van der Waals surface area contributed by atoms with E-state index in [9.17, 15) is 19.4 Å². The number of amides is 1.